The lowest BCUT2D eigenvalue weighted by molar-refractivity contribution is -0.148. The van der Waals surface area contributed by atoms with Crippen LogP contribution in [0.3, 0.4) is 0 Å². The summed E-state index contributed by atoms with van der Waals surface area (Å²) in [5.74, 6) is -1.07. The highest BCUT2D eigenvalue weighted by Gasteiger charge is 2.36. The maximum absolute atomic E-state index is 12.2. The average molecular weight is 285 g/mol. The second-order valence-corrected chi connectivity index (χ2v) is 5.54. The summed E-state index contributed by atoms with van der Waals surface area (Å²) in [4.78, 5) is 27.3. The minimum atomic E-state index is -1.07. The van der Waals surface area contributed by atoms with E-state index in [4.69, 9.17) is 9.84 Å². The van der Waals surface area contributed by atoms with Gasteiger partial charge in [-0.25, -0.2) is 9.59 Å². The summed E-state index contributed by atoms with van der Waals surface area (Å²) in [6.45, 7) is 4.75. The van der Waals surface area contributed by atoms with Gasteiger partial charge in [0.25, 0.3) is 0 Å². The van der Waals surface area contributed by atoms with Gasteiger partial charge in [0, 0.05) is 32.3 Å². The topological polar surface area (TPSA) is 82.1 Å². The molecular formula is C13H23N3O4. The van der Waals surface area contributed by atoms with Gasteiger partial charge in [-0.2, -0.15) is 0 Å². The number of fused-ring (bicyclic) bond motifs is 1. The summed E-state index contributed by atoms with van der Waals surface area (Å²) in [7, 11) is 1.32. The van der Waals surface area contributed by atoms with Crippen LogP contribution in [0.5, 0.6) is 0 Å². The normalized spacial score (nSPS) is 28.0. The molecule has 7 nitrogen and oxygen atoms in total. The molecule has 0 aromatic heterocycles. The van der Waals surface area contributed by atoms with E-state index in [1.807, 2.05) is 6.92 Å². The van der Waals surface area contributed by atoms with Crippen molar-refractivity contribution < 1.29 is 19.4 Å². The predicted molar refractivity (Wildman–Crippen MR) is 72.6 cm³/mol. The first-order chi connectivity index (χ1) is 9.52. The van der Waals surface area contributed by atoms with Crippen molar-refractivity contribution >= 4 is 12.0 Å². The number of ether oxygens (including phenoxy) is 1. The van der Waals surface area contributed by atoms with Crippen LogP contribution in [-0.2, 0) is 9.53 Å². The van der Waals surface area contributed by atoms with Gasteiger partial charge in [-0.05, 0) is 26.3 Å². The lowest BCUT2D eigenvalue weighted by Gasteiger charge is -2.42. The quantitative estimate of drug-likeness (QED) is 0.757. The van der Waals surface area contributed by atoms with Gasteiger partial charge < -0.3 is 20.1 Å². The number of amides is 2. The van der Waals surface area contributed by atoms with Crippen molar-refractivity contribution in [1.82, 2.24) is 15.1 Å². The van der Waals surface area contributed by atoms with Gasteiger partial charge in [0.1, 0.15) is 0 Å². The molecule has 2 amide bonds. The summed E-state index contributed by atoms with van der Waals surface area (Å²) in [5, 5.41) is 11.5. The summed E-state index contributed by atoms with van der Waals surface area (Å²) in [6.07, 6.45) is 1.33. The molecule has 0 spiro atoms. The highest BCUT2D eigenvalue weighted by molar-refractivity contribution is 5.77. The zero-order valence-electron chi connectivity index (χ0n) is 12.0. The van der Waals surface area contributed by atoms with E-state index in [1.54, 1.807) is 4.90 Å². The first-order valence-electron chi connectivity index (χ1n) is 7.07. The van der Waals surface area contributed by atoms with Crippen LogP contribution in [0.2, 0.25) is 0 Å². The Labute approximate surface area is 118 Å². The Kier molecular flexibility index (Phi) is 4.82. The Bertz CT molecular complexity index is 377. The van der Waals surface area contributed by atoms with Gasteiger partial charge in [0.15, 0.2) is 6.10 Å². The molecule has 2 N–H and O–H groups in total. The number of rotatable bonds is 4. The summed E-state index contributed by atoms with van der Waals surface area (Å²) in [5.41, 5.74) is 0. The van der Waals surface area contributed by atoms with E-state index < -0.39 is 12.1 Å². The number of carbonyl (C=O) groups excluding carboxylic acids is 1. The molecule has 0 aromatic carbocycles. The predicted octanol–water partition coefficient (Wildman–Crippen LogP) is -0.0359. The molecule has 0 radical (unpaired) electrons. The molecule has 114 valence electrons. The number of nitrogens with one attached hydrogen (secondary N) is 1. The molecule has 0 aromatic rings. The third kappa shape index (κ3) is 3.21. The highest BCUT2D eigenvalue weighted by atomic mass is 16.5. The van der Waals surface area contributed by atoms with Crippen LogP contribution in [-0.4, -0.2) is 78.4 Å². The fourth-order valence-electron chi connectivity index (χ4n) is 3.02. The standard InChI is InChI=1S/C13H23N3O4/c1-9-7-15-5-3-4-10(15)8-16(9)13(19)14-6-11(20-2)12(17)18/h9-11H,3-8H2,1-2H3,(H,14,19)(H,17,18). The van der Waals surface area contributed by atoms with E-state index >= 15 is 0 Å². The second kappa shape index (κ2) is 6.41. The van der Waals surface area contributed by atoms with Crippen LogP contribution in [0.4, 0.5) is 4.79 Å². The fourth-order valence-corrected chi connectivity index (χ4v) is 3.02. The number of hydrogen-bond acceptors (Lipinski definition) is 4. The Morgan fingerprint density at radius 2 is 2.20 bits per heavy atom. The van der Waals surface area contributed by atoms with Gasteiger partial charge in [0.05, 0.1) is 6.54 Å². The van der Waals surface area contributed by atoms with Crippen LogP contribution < -0.4 is 5.32 Å². The van der Waals surface area contributed by atoms with Gasteiger partial charge in [0.2, 0.25) is 0 Å². The number of hydrogen-bond donors (Lipinski definition) is 2. The van der Waals surface area contributed by atoms with Crippen molar-refractivity contribution in [3.05, 3.63) is 0 Å². The summed E-state index contributed by atoms with van der Waals surface area (Å²) < 4.78 is 4.80. The minimum Gasteiger partial charge on any atom is -0.479 e. The second-order valence-electron chi connectivity index (χ2n) is 5.54. The van der Waals surface area contributed by atoms with Gasteiger partial charge in [-0.1, -0.05) is 0 Å². The third-order valence-corrected chi connectivity index (χ3v) is 4.20. The Morgan fingerprint density at radius 3 is 2.85 bits per heavy atom. The first-order valence-corrected chi connectivity index (χ1v) is 7.07. The van der Waals surface area contributed by atoms with Gasteiger partial charge in [-0.3, -0.25) is 4.90 Å². The number of piperazine rings is 1. The molecule has 3 unspecified atom stereocenters. The van der Waals surface area contributed by atoms with Crippen LogP contribution in [0.25, 0.3) is 0 Å². The average Bonchev–Trinajstić information content (AvgIpc) is 2.84. The Morgan fingerprint density at radius 1 is 1.45 bits per heavy atom. The smallest absolute Gasteiger partial charge is 0.334 e. The van der Waals surface area contributed by atoms with Crippen LogP contribution in [0.15, 0.2) is 0 Å². The van der Waals surface area contributed by atoms with E-state index in [9.17, 15) is 9.59 Å². The highest BCUT2D eigenvalue weighted by Crippen LogP contribution is 2.24. The molecule has 2 heterocycles. The number of nitrogens with zero attached hydrogens (tertiary/aromatic N) is 2. The number of carbonyl (C=O) groups is 2. The van der Waals surface area contributed by atoms with Crippen molar-refractivity contribution in [2.75, 3.05) is 33.3 Å². The largest absolute Gasteiger partial charge is 0.479 e. The molecule has 3 atom stereocenters. The van der Waals surface area contributed by atoms with Gasteiger partial charge >= 0.3 is 12.0 Å². The molecule has 2 saturated heterocycles. The van der Waals surface area contributed by atoms with Crippen molar-refractivity contribution in [2.24, 2.45) is 0 Å². The monoisotopic (exact) mass is 285 g/mol. The molecule has 0 saturated carbocycles. The number of carboxylic acids is 1. The van der Waals surface area contributed by atoms with E-state index in [0.717, 1.165) is 26.1 Å². The van der Waals surface area contributed by atoms with Crippen molar-refractivity contribution in [3.8, 4) is 0 Å². The molecule has 2 rings (SSSR count). The van der Waals surface area contributed by atoms with E-state index in [-0.39, 0.29) is 18.6 Å². The Hall–Kier alpha value is -1.34. The van der Waals surface area contributed by atoms with Crippen molar-refractivity contribution in [1.29, 1.82) is 0 Å². The number of urea groups is 1. The van der Waals surface area contributed by atoms with Crippen molar-refractivity contribution in [3.63, 3.8) is 0 Å². The molecule has 2 fully saturated rings. The Balaban J connectivity index is 1.86. The van der Waals surface area contributed by atoms with E-state index in [2.05, 4.69) is 10.2 Å². The number of aliphatic carboxylic acids is 1. The minimum absolute atomic E-state index is 0.0116. The van der Waals surface area contributed by atoms with Crippen LogP contribution in [0.1, 0.15) is 19.8 Å². The number of methoxy groups -OCH3 is 1. The fraction of sp³-hybridized carbons (Fsp3) is 0.846. The summed E-state index contributed by atoms with van der Waals surface area (Å²) in [6, 6.07) is 0.400. The third-order valence-electron chi connectivity index (χ3n) is 4.20. The molecular weight excluding hydrogens is 262 g/mol. The van der Waals surface area contributed by atoms with E-state index in [1.165, 1.54) is 13.5 Å². The molecule has 2 aliphatic rings. The lowest BCUT2D eigenvalue weighted by atomic mass is 10.1. The molecule has 2 aliphatic heterocycles. The number of carboxylic acid groups (broad SMARTS) is 1. The first kappa shape index (κ1) is 15.1. The molecule has 7 heteroatoms. The SMILES string of the molecule is COC(CNC(=O)N1CC2CCCN2CC1C)C(=O)O. The van der Waals surface area contributed by atoms with Crippen LogP contribution in [0, 0.1) is 0 Å². The molecule has 0 aliphatic carbocycles. The molecule has 0 bridgehead atoms. The molecule has 20 heavy (non-hydrogen) atoms. The lowest BCUT2D eigenvalue weighted by Crippen LogP contribution is -2.59. The zero-order valence-corrected chi connectivity index (χ0v) is 12.0. The summed E-state index contributed by atoms with van der Waals surface area (Å²) >= 11 is 0. The van der Waals surface area contributed by atoms with E-state index in [0.29, 0.717) is 6.04 Å². The zero-order chi connectivity index (χ0) is 14.7. The van der Waals surface area contributed by atoms with Crippen LogP contribution >= 0.6 is 0 Å². The van der Waals surface area contributed by atoms with Crippen molar-refractivity contribution in [2.45, 2.75) is 38.0 Å². The van der Waals surface area contributed by atoms with Gasteiger partial charge in [-0.15, -0.1) is 0 Å². The maximum Gasteiger partial charge on any atom is 0.334 e. The maximum atomic E-state index is 12.2.